The summed E-state index contributed by atoms with van der Waals surface area (Å²) in [5.41, 5.74) is 5.23. The molecular weight excluding hydrogens is 344 g/mol. The molecule has 150 valence electrons. The van der Waals surface area contributed by atoms with Gasteiger partial charge in [-0.25, -0.2) is 4.79 Å². The fourth-order valence-electron chi connectivity index (χ4n) is 4.25. The molecule has 3 amide bonds. The molecule has 0 aromatic carbocycles. The number of likely N-dealkylation sites (tertiary alicyclic amines) is 2. The maximum atomic E-state index is 12.6. The van der Waals surface area contributed by atoms with Gasteiger partial charge in [-0.2, -0.15) is 5.10 Å². The van der Waals surface area contributed by atoms with E-state index in [1.807, 2.05) is 28.8 Å². The summed E-state index contributed by atoms with van der Waals surface area (Å²) in [6.07, 6.45) is 9.19. The molecule has 0 bridgehead atoms. The van der Waals surface area contributed by atoms with E-state index >= 15 is 0 Å². The van der Waals surface area contributed by atoms with Gasteiger partial charge < -0.3 is 16.0 Å². The number of nitrogens with zero attached hydrogens (tertiary/aromatic N) is 4. The van der Waals surface area contributed by atoms with Crippen LogP contribution in [0.25, 0.3) is 0 Å². The van der Waals surface area contributed by atoms with Crippen LogP contribution in [0.2, 0.25) is 0 Å². The van der Waals surface area contributed by atoms with E-state index in [2.05, 4.69) is 15.3 Å². The minimum atomic E-state index is -0.580. The molecule has 0 radical (unpaired) electrons. The minimum absolute atomic E-state index is 0.0559. The smallest absolute Gasteiger partial charge is 0.317 e. The van der Waals surface area contributed by atoms with Crippen molar-refractivity contribution in [1.82, 2.24) is 24.9 Å². The van der Waals surface area contributed by atoms with E-state index in [4.69, 9.17) is 5.73 Å². The standard InChI is InChI=1S/C19H32N6O2/c1-16(6-13-25-12-5-9-21-25)22-18(27)23-14-7-19(8-15-23,17(20)26)24-10-3-2-4-11-24/h5,9,12,16H,2-4,6-8,10-11,13-15H2,1H3,(H2,20,26)(H,22,27)/t16-/m1/s1. The van der Waals surface area contributed by atoms with Crippen LogP contribution >= 0.6 is 0 Å². The Morgan fingerprint density at radius 3 is 2.48 bits per heavy atom. The number of hydrogen-bond donors (Lipinski definition) is 2. The molecule has 2 aliphatic rings. The van der Waals surface area contributed by atoms with E-state index in [0.717, 1.165) is 38.9 Å². The van der Waals surface area contributed by atoms with E-state index in [1.54, 1.807) is 6.20 Å². The lowest BCUT2D eigenvalue weighted by atomic mass is 9.83. The van der Waals surface area contributed by atoms with Crippen LogP contribution in [0.4, 0.5) is 4.79 Å². The fourth-order valence-corrected chi connectivity index (χ4v) is 4.25. The lowest BCUT2D eigenvalue weighted by molar-refractivity contribution is -0.134. The normalized spacial score (nSPS) is 21.6. The lowest BCUT2D eigenvalue weighted by Crippen LogP contribution is -2.64. The number of primary amides is 1. The van der Waals surface area contributed by atoms with Crippen LogP contribution in [-0.4, -0.2) is 69.3 Å². The average Bonchev–Trinajstić information content (AvgIpc) is 3.20. The first-order valence-corrected chi connectivity index (χ1v) is 10.1. The molecular formula is C19H32N6O2. The molecule has 0 aliphatic carbocycles. The Morgan fingerprint density at radius 2 is 1.89 bits per heavy atom. The number of nitrogens with one attached hydrogen (secondary N) is 1. The third-order valence-electron chi connectivity index (χ3n) is 6.02. The molecule has 8 heteroatoms. The molecule has 3 rings (SSSR count). The molecule has 1 aromatic rings. The highest BCUT2D eigenvalue weighted by atomic mass is 16.2. The summed E-state index contributed by atoms with van der Waals surface area (Å²) in [7, 11) is 0. The van der Waals surface area contributed by atoms with Gasteiger partial charge in [0.1, 0.15) is 5.54 Å². The zero-order chi connectivity index (χ0) is 19.3. The van der Waals surface area contributed by atoms with E-state index in [9.17, 15) is 9.59 Å². The third kappa shape index (κ3) is 4.61. The topological polar surface area (TPSA) is 96.5 Å². The second kappa shape index (κ2) is 8.73. The Labute approximate surface area is 161 Å². The van der Waals surface area contributed by atoms with Crippen molar-refractivity contribution in [1.29, 1.82) is 0 Å². The molecule has 2 fully saturated rings. The number of hydrogen-bond acceptors (Lipinski definition) is 4. The molecule has 2 saturated heterocycles. The second-order valence-electron chi connectivity index (χ2n) is 7.84. The number of aryl methyl sites for hydroxylation is 1. The molecule has 8 nitrogen and oxygen atoms in total. The van der Waals surface area contributed by atoms with Crippen LogP contribution in [-0.2, 0) is 11.3 Å². The summed E-state index contributed by atoms with van der Waals surface area (Å²) in [6, 6.07) is 1.90. The number of urea groups is 1. The van der Waals surface area contributed by atoms with Crippen LogP contribution in [0.5, 0.6) is 0 Å². The van der Waals surface area contributed by atoms with Gasteiger partial charge in [-0.3, -0.25) is 14.4 Å². The highest BCUT2D eigenvalue weighted by Crippen LogP contribution is 2.31. The average molecular weight is 377 g/mol. The largest absolute Gasteiger partial charge is 0.368 e. The van der Waals surface area contributed by atoms with Crippen LogP contribution in [0, 0.1) is 0 Å². The number of amides is 3. The first kappa shape index (κ1) is 19.7. The van der Waals surface area contributed by atoms with Crippen LogP contribution in [0.1, 0.15) is 45.4 Å². The molecule has 2 aliphatic heterocycles. The molecule has 0 unspecified atom stereocenters. The number of rotatable bonds is 6. The molecule has 1 aromatic heterocycles. The first-order valence-electron chi connectivity index (χ1n) is 10.1. The summed E-state index contributed by atoms with van der Waals surface area (Å²) < 4.78 is 1.86. The summed E-state index contributed by atoms with van der Waals surface area (Å²) in [5, 5.41) is 7.24. The summed E-state index contributed by atoms with van der Waals surface area (Å²) in [5.74, 6) is -0.239. The van der Waals surface area contributed by atoms with E-state index < -0.39 is 5.54 Å². The van der Waals surface area contributed by atoms with Crippen LogP contribution < -0.4 is 11.1 Å². The van der Waals surface area contributed by atoms with Crippen molar-refractivity contribution >= 4 is 11.9 Å². The highest BCUT2D eigenvalue weighted by Gasteiger charge is 2.45. The van der Waals surface area contributed by atoms with Gasteiger partial charge in [-0.05, 0) is 58.2 Å². The van der Waals surface area contributed by atoms with Crippen molar-refractivity contribution in [3.05, 3.63) is 18.5 Å². The first-order chi connectivity index (χ1) is 13.0. The summed E-state index contributed by atoms with van der Waals surface area (Å²) in [6.45, 7) is 5.77. The Kier molecular flexibility index (Phi) is 6.36. The summed E-state index contributed by atoms with van der Waals surface area (Å²) >= 11 is 0. The van der Waals surface area contributed by atoms with Gasteiger partial charge in [0.2, 0.25) is 5.91 Å². The van der Waals surface area contributed by atoms with E-state index in [0.29, 0.717) is 25.9 Å². The van der Waals surface area contributed by atoms with E-state index in [1.165, 1.54) is 6.42 Å². The molecule has 27 heavy (non-hydrogen) atoms. The number of nitrogens with two attached hydrogens (primary N) is 1. The van der Waals surface area contributed by atoms with Crippen LogP contribution in [0.3, 0.4) is 0 Å². The van der Waals surface area contributed by atoms with Crippen molar-refractivity contribution < 1.29 is 9.59 Å². The number of carbonyl (C=O) groups is 2. The molecule has 0 spiro atoms. The van der Waals surface area contributed by atoms with Gasteiger partial charge >= 0.3 is 6.03 Å². The zero-order valence-electron chi connectivity index (χ0n) is 16.3. The van der Waals surface area contributed by atoms with Crippen molar-refractivity contribution in [2.75, 3.05) is 26.2 Å². The lowest BCUT2D eigenvalue weighted by Gasteiger charge is -2.48. The van der Waals surface area contributed by atoms with Gasteiger partial charge in [0, 0.05) is 38.1 Å². The Balaban J connectivity index is 1.49. The molecule has 1 atom stereocenters. The molecule has 3 heterocycles. The predicted molar refractivity (Wildman–Crippen MR) is 103 cm³/mol. The van der Waals surface area contributed by atoms with Crippen molar-refractivity contribution in [3.8, 4) is 0 Å². The highest BCUT2D eigenvalue weighted by molar-refractivity contribution is 5.85. The monoisotopic (exact) mass is 376 g/mol. The molecule has 0 saturated carbocycles. The fraction of sp³-hybridized carbons (Fsp3) is 0.737. The van der Waals surface area contributed by atoms with Gasteiger partial charge in [0.25, 0.3) is 0 Å². The third-order valence-corrected chi connectivity index (χ3v) is 6.02. The van der Waals surface area contributed by atoms with Gasteiger partial charge in [0.05, 0.1) is 0 Å². The SMILES string of the molecule is C[C@H](CCn1cccn1)NC(=O)N1CCC(C(N)=O)(N2CCCCC2)CC1. The van der Waals surface area contributed by atoms with Gasteiger partial charge in [-0.15, -0.1) is 0 Å². The zero-order valence-corrected chi connectivity index (χ0v) is 16.3. The van der Waals surface area contributed by atoms with Crippen molar-refractivity contribution in [3.63, 3.8) is 0 Å². The Hall–Kier alpha value is -2.09. The van der Waals surface area contributed by atoms with Gasteiger partial charge in [0.15, 0.2) is 0 Å². The van der Waals surface area contributed by atoms with Crippen molar-refractivity contribution in [2.45, 2.75) is 63.6 Å². The Bertz CT molecular complexity index is 618. The van der Waals surface area contributed by atoms with Crippen LogP contribution in [0.15, 0.2) is 18.5 Å². The van der Waals surface area contributed by atoms with E-state index in [-0.39, 0.29) is 18.0 Å². The maximum Gasteiger partial charge on any atom is 0.317 e. The number of aromatic nitrogens is 2. The van der Waals surface area contributed by atoms with Gasteiger partial charge in [-0.1, -0.05) is 6.42 Å². The number of piperidine rings is 2. The predicted octanol–water partition coefficient (Wildman–Crippen LogP) is 1.18. The Morgan fingerprint density at radius 1 is 1.19 bits per heavy atom. The quantitative estimate of drug-likeness (QED) is 0.779. The maximum absolute atomic E-state index is 12.6. The second-order valence-corrected chi connectivity index (χ2v) is 7.84. The molecule has 3 N–H and O–H groups in total. The minimum Gasteiger partial charge on any atom is -0.368 e. The summed E-state index contributed by atoms with van der Waals surface area (Å²) in [4.78, 5) is 29.0. The number of carbonyl (C=O) groups excluding carboxylic acids is 2. The van der Waals surface area contributed by atoms with Crippen molar-refractivity contribution in [2.24, 2.45) is 5.73 Å².